The Morgan fingerprint density at radius 3 is 2.78 bits per heavy atom. The van der Waals surface area contributed by atoms with E-state index in [2.05, 4.69) is 5.10 Å². The molecular weight excluding hydrogens is 238 g/mol. The van der Waals surface area contributed by atoms with Gasteiger partial charge in [-0.15, -0.1) is 0 Å². The predicted molar refractivity (Wildman–Crippen MR) is 64.1 cm³/mol. The van der Waals surface area contributed by atoms with Crippen molar-refractivity contribution in [3.8, 4) is 0 Å². The van der Waals surface area contributed by atoms with Crippen LogP contribution in [0.3, 0.4) is 0 Å². The number of aromatic nitrogens is 3. The second kappa shape index (κ2) is 4.32. The van der Waals surface area contributed by atoms with Crippen molar-refractivity contribution in [3.05, 3.63) is 50.7 Å². The third-order valence-corrected chi connectivity index (χ3v) is 2.54. The van der Waals surface area contributed by atoms with Crippen molar-refractivity contribution >= 4 is 11.4 Å². The molecular formula is C10H11N5O3. The Labute approximate surface area is 101 Å². The molecule has 0 fully saturated rings. The summed E-state index contributed by atoms with van der Waals surface area (Å²) in [5.74, 6) is 0. The molecule has 8 nitrogen and oxygen atoms in total. The van der Waals surface area contributed by atoms with Gasteiger partial charge in [0.05, 0.1) is 11.5 Å². The van der Waals surface area contributed by atoms with E-state index in [-0.39, 0.29) is 17.9 Å². The Morgan fingerprint density at radius 1 is 1.50 bits per heavy atom. The summed E-state index contributed by atoms with van der Waals surface area (Å²) >= 11 is 0. The van der Waals surface area contributed by atoms with Gasteiger partial charge in [-0.1, -0.05) is 0 Å². The molecule has 0 saturated carbocycles. The number of hydrogen-bond acceptors (Lipinski definition) is 5. The molecule has 18 heavy (non-hydrogen) atoms. The van der Waals surface area contributed by atoms with Gasteiger partial charge >= 0.3 is 5.69 Å². The molecule has 1 heterocycles. The maximum Gasteiger partial charge on any atom is 0.345 e. The molecule has 0 aliphatic rings. The number of hydrogen-bond donors (Lipinski definition) is 1. The van der Waals surface area contributed by atoms with Gasteiger partial charge in [0.25, 0.3) is 5.69 Å². The fourth-order valence-electron chi connectivity index (χ4n) is 1.53. The third kappa shape index (κ3) is 2.08. The smallest absolute Gasteiger partial charge is 0.345 e. The Kier molecular flexibility index (Phi) is 2.84. The second-order valence-electron chi connectivity index (χ2n) is 3.82. The van der Waals surface area contributed by atoms with Gasteiger partial charge in [-0.25, -0.2) is 9.48 Å². The summed E-state index contributed by atoms with van der Waals surface area (Å²) in [4.78, 5) is 21.7. The van der Waals surface area contributed by atoms with Crippen LogP contribution in [0.5, 0.6) is 0 Å². The first-order valence-corrected chi connectivity index (χ1v) is 5.10. The zero-order valence-electron chi connectivity index (χ0n) is 9.61. The third-order valence-electron chi connectivity index (χ3n) is 2.54. The van der Waals surface area contributed by atoms with Gasteiger partial charge in [0, 0.05) is 30.4 Å². The number of anilines is 1. The van der Waals surface area contributed by atoms with Gasteiger partial charge in [-0.2, -0.15) is 5.10 Å². The number of nitro benzene ring substituents is 1. The van der Waals surface area contributed by atoms with Crippen molar-refractivity contribution in [3.63, 3.8) is 0 Å². The normalized spacial score (nSPS) is 10.5. The topological polar surface area (TPSA) is 109 Å². The number of nitro groups is 1. The van der Waals surface area contributed by atoms with E-state index >= 15 is 0 Å². The van der Waals surface area contributed by atoms with Crippen LogP contribution in [-0.2, 0) is 13.6 Å². The van der Waals surface area contributed by atoms with Gasteiger partial charge in [0.15, 0.2) is 0 Å². The standard InChI is InChI=1S/C10H11N5O3/c1-13-6-12-14(10(13)16)5-7-4-8(15(17)18)2-3-9(7)11/h2-4,6H,5,11H2,1H3. The first-order valence-electron chi connectivity index (χ1n) is 5.10. The van der Waals surface area contributed by atoms with Crippen LogP contribution in [-0.4, -0.2) is 19.3 Å². The zero-order chi connectivity index (χ0) is 13.3. The maximum absolute atomic E-state index is 11.6. The molecule has 0 aliphatic heterocycles. The molecule has 0 aliphatic carbocycles. The van der Waals surface area contributed by atoms with Crippen LogP contribution >= 0.6 is 0 Å². The molecule has 0 radical (unpaired) electrons. The number of benzene rings is 1. The van der Waals surface area contributed by atoms with Crippen molar-refractivity contribution in [2.45, 2.75) is 6.54 Å². The SMILES string of the molecule is Cn1cnn(Cc2cc([N+](=O)[O-])ccc2N)c1=O. The van der Waals surface area contributed by atoms with Crippen molar-refractivity contribution in [2.75, 3.05) is 5.73 Å². The quantitative estimate of drug-likeness (QED) is 0.472. The summed E-state index contributed by atoms with van der Waals surface area (Å²) in [5, 5.41) is 14.5. The highest BCUT2D eigenvalue weighted by atomic mass is 16.6. The highest BCUT2D eigenvalue weighted by Gasteiger charge is 2.11. The van der Waals surface area contributed by atoms with Gasteiger partial charge in [0.2, 0.25) is 0 Å². The van der Waals surface area contributed by atoms with Crippen LogP contribution in [0.25, 0.3) is 0 Å². The summed E-state index contributed by atoms with van der Waals surface area (Å²) in [5.41, 5.74) is 6.23. The summed E-state index contributed by atoms with van der Waals surface area (Å²) in [6.07, 6.45) is 1.37. The number of nitrogen functional groups attached to an aromatic ring is 1. The Morgan fingerprint density at radius 2 is 2.22 bits per heavy atom. The Bertz CT molecular complexity index is 658. The lowest BCUT2D eigenvalue weighted by Gasteiger charge is -2.04. The lowest BCUT2D eigenvalue weighted by atomic mass is 10.1. The molecule has 8 heteroatoms. The number of nitrogens with zero attached hydrogens (tertiary/aromatic N) is 4. The fourth-order valence-corrected chi connectivity index (χ4v) is 1.53. The minimum absolute atomic E-state index is 0.0665. The first kappa shape index (κ1) is 11.8. The molecule has 0 amide bonds. The molecule has 0 saturated heterocycles. The van der Waals surface area contributed by atoms with E-state index in [1.165, 1.54) is 33.8 Å². The second-order valence-corrected chi connectivity index (χ2v) is 3.82. The van der Waals surface area contributed by atoms with E-state index in [4.69, 9.17) is 5.73 Å². The van der Waals surface area contributed by atoms with Crippen molar-refractivity contribution < 1.29 is 4.92 Å². The van der Waals surface area contributed by atoms with E-state index in [1.54, 1.807) is 7.05 Å². The fraction of sp³-hybridized carbons (Fsp3) is 0.200. The summed E-state index contributed by atoms with van der Waals surface area (Å²) in [6, 6.07) is 4.11. The maximum atomic E-state index is 11.6. The number of non-ortho nitro benzene ring substituents is 1. The summed E-state index contributed by atoms with van der Waals surface area (Å²) in [6.45, 7) is 0.104. The van der Waals surface area contributed by atoms with Gasteiger partial charge in [0.1, 0.15) is 6.33 Å². The highest BCUT2D eigenvalue weighted by molar-refractivity contribution is 5.52. The van der Waals surface area contributed by atoms with Crippen molar-refractivity contribution in [2.24, 2.45) is 7.05 Å². The van der Waals surface area contributed by atoms with Crippen molar-refractivity contribution in [1.29, 1.82) is 0 Å². The molecule has 94 valence electrons. The Hall–Kier alpha value is -2.64. The molecule has 0 spiro atoms. The van der Waals surface area contributed by atoms with E-state index < -0.39 is 4.92 Å². The van der Waals surface area contributed by atoms with E-state index in [9.17, 15) is 14.9 Å². The molecule has 2 rings (SSSR count). The van der Waals surface area contributed by atoms with Crippen LogP contribution in [0.15, 0.2) is 29.3 Å². The number of rotatable bonds is 3. The summed E-state index contributed by atoms with van der Waals surface area (Å²) < 4.78 is 2.50. The minimum Gasteiger partial charge on any atom is -0.398 e. The average Bonchev–Trinajstić information content (AvgIpc) is 2.63. The molecule has 1 aromatic carbocycles. The highest BCUT2D eigenvalue weighted by Crippen LogP contribution is 2.19. The predicted octanol–water partition coefficient (Wildman–Crippen LogP) is 0.120. The lowest BCUT2D eigenvalue weighted by molar-refractivity contribution is -0.384. The first-order chi connectivity index (χ1) is 8.49. The minimum atomic E-state index is -0.510. The van der Waals surface area contributed by atoms with Crippen LogP contribution < -0.4 is 11.4 Å². The van der Waals surface area contributed by atoms with E-state index in [0.29, 0.717) is 11.3 Å². The van der Waals surface area contributed by atoms with Crippen molar-refractivity contribution in [1.82, 2.24) is 14.3 Å². The molecule has 2 aromatic rings. The molecule has 0 unspecified atom stereocenters. The average molecular weight is 249 g/mol. The molecule has 2 N–H and O–H groups in total. The largest absolute Gasteiger partial charge is 0.398 e. The zero-order valence-corrected chi connectivity index (χ0v) is 9.61. The van der Waals surface area contributed by atoms with Crippen LogP contribution in [0, 0.1) is 10.1 Å². The number of nitrogens with two attached hydrogens (primary N) is 1. The number of aryl methyl sites for hydroxylation is 1. The van der Waals surface area contributed by atoms with Gasteiger partial charge in [-0.05, 0) is 6.07 Å². The van der Waals surface area contributed by atoms with Crippen LogP contribution in [0.4, 0.5) is 11.4 Å². The summed E-state index contributed by atoms with van der Waals surface area (Å²) in [7, 11) is 1.57. The molecule has 0 bridgehead atoms. The van der Waals surface area contributed by atoms with Gasteiger partial charge < -0.3 is 5.73 Å². The Balaban J connectivity index is 2.39. The van der Waals surface area contributed by atoms with Gasteiger partial charge in [-0.3, -0.25) is 14.7 Å². The van der Waals surface area contributed by atoms with E-state index in [0.717, 1.165) is 0 Å². The monoisotopic (exact) mass is 249 g/mol. The van der Waals surface area contributed by atoms with Crippen LogP contribution in [0.2, 0.25) is 0 Å². The molecule has 1 aromatic heterocycles. The lowest BCUT2D eigenvalue weighted by Crippen LogP contribution is -2.23. The van der Waals surface area contributed by atoms with Crippen LogP contribution in [0.1, 0.15) is 5.56 Å². The van der Waals surface area contributed by atoms with E-state index in [1.807, 2.05) is 0 Å². The molecule has 0 atom stereocenters.